The summed E-state index contributed by atoms with van der Waals surface area (Å²) in [5.74, 6) is -1.77. The molecule has 1 aromatic rings. The molecule has 1 aromatic carbocycles. The third-order valence-corrected chi connectivity index (χ3v) is 3.88. The molecule has 0 aromatic heterocycles. The maximum atomic E-state index is 11.8. The minimum atomic E-state index is -3.60. The Hall–Kier alpha value is -1.91. The minimum Gasteiger partial charge on any atom is -0.382 e. The molecule has 0 heterocycles. The number of nitrogens with one attached hydrogen (secondary N) is 1. The Balaban J connectivity index is 2.60. The van der Waals surface area contributed by atoms with Gasteiger partial charge in [0.05, 0.1) is 17.6 Å². The molecule has 0 aliphatic heterocycles. The quantitative estimate of drug-likeness (QED) is 0.690. The Morgan fingerprint density at radius 2 is 2.00 bits per heavy atom. The van der Waals surface area contributed by atoms with Crippen LogP contribution in [-0.4, -0.2) is 37.8 Å². The van der Waals surface area contributed by atoms with E-state index >= 15 is 0 Å². The molecule has 0 aliphatic carbocycles. The lowest BCUT2D eigenvalue weighted by atomic mass is 10.2. The number of amides is 1. The first-order valence-electron chi connectivity index (χ1n) is 5.51. The summed E-state index contributed by atoms with van der Waals surface area (Å²) in [5.41, 5.74) is 0.590. The van der Waals surface area contributed by atoms with Gasteiger partial charge >= 0.3 is 0 Å². The van der Waals surface area contributed by atoms with Gasteiger partial charge in [0.15, 0.2) is 9.84 Å². The van der Waals surface area contributed by atoms with Crippen molar-refractivity contribution in [3.8, 4) is 6.07 Å². The molecule has 0 spiro atoms. The summed E-state index contributed by atoms with van der Waals surface area (Å²) in [6.45, 7) is -0.269. The molecule has 0 saturated heterocycles. The number of carbonyl (C=O) groups is 1. The number of sulfone groups is 1. The standard InChI is InChI=1S/C12H14N2O4S/c13-6-7-14-12(16)11(15)9-19(17,18)8-10-4-2-1-3-5-10/h1-5,11,15H,7-9H2,(H,14,16)/t11-/m0/s1. The minimum absolute atomic E-state index is 0.240. The van der Waals surface area contributed by atoms with Gasteiger partial charge in [-0.2, -0.15) is 5.26 Å². The highest BCUT2D eigenvalue weighted by Crippen LogP contribution is 2.07. The smallest absolute Gasteiger partial charge is 0.250 e. The third kappa shape index (κ3) is 5.50. The van der Waals surface area contributed by atoms with Gasteiger partial charge in [-0.1, -0.05) is 30.3 Å². The molecule has 1 atom stereocenters. The molecule has 0 radical (unpaired) electrons. The van der Waals surface area contributed by atoms with Crippen LogP contribution in [0.2, 0.25) is 0 Å². The molecule has 0 aliphatic rings. The van der Waals surface area contributed by atoms with Crippen LogP contribution in [0.3, 0.4) is 0 Å². The van der Waals surface area contributed by atoms with Crippen LogP contribution in [0.25, 0.3) is 0 Å². The molecule has 2 N–H and O–H groups in total. The van der Waals surface area contributed by atoms with Crippen molar-refractivity contribution in [2.45, 2.75) is 11.9 Å². The van der Waals surface area contributed by atoms with Crippen molar-refractivity contribution < 1.29 is 18.3 Å². The van der Waals surface area contributed by atoms with Crippen LogP contribution < -0.4 is 5.32 Å². The average Bonchev–Trinajstić information content (AvgIpc) is 2.35. The molecule has 1 rings (SSSR count). The van der Waals surface area contributed by atoms with Gasteiger partial charge in [-0.25, -0.2) is 8.42 Å². The molecular formula is C12H14N2O4S. The molecule has 0 bridgehead atoms. The highest BCUT2D eigenvalue weighted by molar-refractivity contribution is 7.90. The number of aliphatic hydroxyl groups excluding tert-OH is 1. The monoisotopic (exact) mass is 282 g/mol. The predicted molar refractivity (Wildman–Crippen MR) is 68.6 cm³/mol. The topological polar surface area (TPSA) is 107 Å². The van der Waals surface area contributed by atoms with E-state index in [9.17, 15) is 18.3 Å². The van der Waals surface area contributed by atoms with Crippen molar-refractivity contribution in [1.82, 2.24) is 5.32 Å². The maximum absolute atomic E-state index is 11.8. The molecule has 0 unspecified atom stereocenters. The van der Waals surface area contributed by atoms with Crippen molar-refractivity contribution in [1.29, 1.82) is 5.26 Å². The van der Waals surface area contributed by atoms with E-state index in [1.807, 2.05) is 0 Å². The zero-order valence-electron chi connectivity index (χ0n) is 10.1. The highest BCUT2D eigenvalue weighted by atomic mass is 32.2. The first-order chi connectivity index (χ1) is 8.94. The van der Waals surface area contributed by atoms with E-state index in [1.54, 1.807) is 36.4 Å². The van der Waals surface area contributed by atoms with E-state index in [1.165, 1.54) is 0 Å². The second-order valence-corrected chi connectivity index (χ2v) is 6.04. The van der Waals surface area contributed by atoms with Gasteiger partial charge in [-0.05, 0) is 5.56 Å². The SMILES string of the molecule is N#CCNC(=O)[C@@H](O)CS(=O)(=O)Cc1ccccc1. The number of aliphatic hydroxyl groups is 1. The van der Waals surface area contributed by atoms with Crippen molar-refractivity contribution in [3.05, 3.63) is 35.9 Å². The number of carbonyl (C=O) groups excluding carboxylic acids is 1. The van der Waals surface area contributed by atoms with Gasteiger partial charge in [-0.15, -0.1) is 0 Å². The van der Waals surface area contributed by atoms with Crippen molar-refractivity contribution in [2.75, 3.05) is 12.3 Å². The molecule has 7 heteroatoms. The summed E-state index contributed by atoms with van der Waals surface area (Å²) in [7, 11) is -3.60. The first kappa shape index (κ1) is 15.1. The molecular weight excluding hydrogens is 268 g/mol. The zero-order valence-corrected chi connectivity index (χ0v) is 10.9. The van der Waals surface area contributed by atoms with Crippen LogP contribution in [0, 0.1) is 11.3 Å². The summed E-state index contributed by atoms with van der Waals surface area (Å²) >= 11 is 0. The van der Waals surface area contributed by atoms with Crippen LogP contribution in [-0.2, 0) is 20.4 Å². The largest absolute Gasteiger partial charge is 0.382 e. The zero-order chi connectivity index (χ0) is 14.3. The fourth-order valence-corrected chi connectivity index (χ4v) is 2.90. The van der Waals surface area contributed by atoms with Crippen molar-refractivity contribution in [3.63, 3.8) is 0 Å². The van der Waals surface area contributed by atoms with Crippen molar-refractivity contribution >= 4 is 15.7 Å². The second-order valence-electron chi connectivity index (χ2n) is 3.93. The number of nitrogens with zero attached hydrogens (tertiary/aromatic N) is 1. The lowest BCUT2D eigenvalue weighted by molar-refractivity contribution is -0.128. The van der Waals surface area contributed by atoms with Crippen LogP contribution in [0.4, 0.5) is 0 Å². The number of hydrogen-bond acceptors (Lipinski definition) is 5. The van der Waals surface area contributed by atoms with Gasteiger partial charge in [0.2, 0.25) is 0 Å². The number of hydrogen-bond donors (Lipinski definition) is 2. The molecule has 0 saturated carbocycles. The van der Waals surface area contributed by atoms with Gasteiger partial charge in [0.25, 0.3) is 5.91 Å². The van der Waals surface area contributed by atoms with Gasteiger partial charge in [-0.3, -0.25) is 4.79 Å². The average molecular weight is 282 g/mol. The van der Waals surface area contributed by atoms with Crippen LogP contribution in [0.5, 0.6) is 0 Å². The van der Waals surface area contributed by atoms with Gasteiger partial charge in [0, 0.05) is 0 Å². The molecule has 1 amide bonds. The Bertz CT molecular complexity index is 563. The van der Waals surface area contributed by atoms with Crippen molar-refractivity contribution in [2.24, 2.45) is 0 Å². The molecule has 0 fully saturated rings. The number of rotatable bonds is 6. The maximum Gasteiger partial charge on any atom is 0.250 e. The number of benzene rings is 1. The third-order valence-electron chi connectivity index (χ3n) is 2.29. The van der Waals surface area contributed by atoms with E-state index < -0.39 is 27.6 Å². The van der Waals surface area contributed by atoms with Crippen LogP contribution in [0.1, 0.15) is 5.56 Å². The summed E-state index contributed by atoms with van der Waals surface area (Å²) < 4.78 is 23.6. The van der Waals surface area contributed by atoms with Crippen LogP contribution in [0.15, 0.2) is 30.3 Å². The van der Waals surface area contributed by atoms with E-state index in [2.05, 4.69) is 5.32 Å². The number of nitriles is 1. The molecule has 6 nitrogen and oxygen atoms in total. The van der Waals surface area contributed by atoms with Gasteiger partial charge < -0.3 is 10.4 Å². The summed E-state index contributed by atoms with van der Waals surface area (Å²) in [4.78, 5) is 11.3. The first-order valence-corrected chi connectivity index (χ1v) is 7.34. The lowest BCUT2D eigenvalue weighted by Gasteiger charge is -2.10. The summed E-state index contributed by atoms with van der Waals surface area (Å²) in [6, 6.07) is 10.2. The summed E-state index contributed by atoms with van der Waals surface area (Å²) in [6.07, 6.45) is -1.66. The fraction of sp³-hybridized carbons (Fsp3) is 0.333. The highest BCUT2D eigenvalue weighted by Gasteiger charge is 2.23. The Morgan fingerprint density at radius 1 is 1.37 bits per heavy atom. The van der Waals surface area contributed by atoms with E-state index in [0.29, 0.717) is 5.56 Å². The molecule has 19 heavy (non-hydrogen) atoms. The Labute approximate surface area is 111 Å². The van der Waals surface area contributed by atoms with Gasteiger partial charge in [0.1, 0.15) is 12.6 Å². The van der Waals surface area contributed by atoms with E-state index in [4.69, 9.17) is 5.26 Å². The fourth-order valence-electron chi connectivity index (χ4n) is 1.45. The lowest BCUT2D eigenvalue weighted by Crippen LogP contribution is -2.39. The Kier molecular flexibility index (Phi) is 5.48. The predicted octanol–water partition coefficient (Wildman–Crippen LogP) is -0.398. The Morgan fingerprint density at radius 3 is 2.58 bits per heavy atom. The molecule has 102 valence electrons. The van der Waals surface area contributed by atoms with E-state index in [0.717, 1.165) is 0 Å². The normalized spacial score (nSPS) is 12.4. The summed E-state index contributed by atoms with van der Waals surface area (Å²) in [5, 5.41) is 19.8. The van der Waals surface area contributed by atoms with Crippen LogP contribution >= 0.6 is 0 Å². The second kappa shape index (κ2) is 6.87. The van der Waals surface area contributed by atoms with E-state index in [-0.39, 0.29) is 12.3 Å².